The molecule has 4 nitrogen and oxygen atoms in total. The number of fused-ring (bicyclic) bond motifs is 1. The van der Waals surface area contributed by atoms with Crippen LogP contribution in [0.3, 0.4) is 0 Å². The first-order valence-corrected chi connectivity index (χ1v) is 8.59. The van der Waals surface area contributed by atoms with Crippen LogP contribution in [0.5, 0.6) is 0 Å². The van der Waals surface area contributed by atoms with Crippen molar-refractivity contribution in [2.24, 2.45) is 7.05 Å². The minimum Gasteiger partial charge on any atom is -0.459 e. The molecule has 0 N–H and O–H groups in total. The molecular formula is C22H20N2O2. The largest absolute Gasteiger partial charge is 0.459 e. The standard InChI is InChI=1S/C22H20N2O2/c1-16-8-3-5-10-19(16)24(22(25)21-12-7-13-26-21)15-18-14-17-9-4-6-11-20(17)23(18)2/h3-14H,15H2,1-2H3. The van der Waals surface area contributed by atoms with Crippen LogP contribution in [0.25, 0.3) is 10.9 Å². The van der Waals surface area contributed by atoms with Crippen molar-refractivity contribution < 1.29 is 9.21 Å². The number of carbonyl (C=O) groups is 1. The Morgan fingerprint density at radius 3 is 2.54 bits per heavy atom. The first-order valence-electron chi connectivity index (χ1n) is 8.59. The highest BCUT2D eigenvalue weighted by atomic mass is 16.3. The maximum absolute atomic E-state index is 13.1. The van der Waals surface area contributed by atoms with E-state index >= 15 is 0 Å². The SMILES string of the molecule is Cc1ccccc1N(Cc1cc2ccccc2n1C)C(=O)c1ccco1. The van der Waals surface area contributed by atoms with Gasteiger partial charge in [0.25, 0.3) is 5.91 Å². The van der Waals surface area contributed by atoms with Gasteiger partial charge in [-0.2, -0.15) is 0 Å². The van der Waals surface area contributed by atoms with Crippen LogP contribution in [0.4, 0.5) is 5.69 Å². The van der Waals surface area contributed by atoms with E-state index in [1.165, 1.54) is 11.6 Å². The van der Waals surface area contributed by atoms with E-state index < -0.39 is 0 Å². The average Bonchev–Trinajstić information content (AvgIpc) is 3.29. The number of carbonyl (C=O) groups excluding carboxylic acids is 1. The molecule has 130 valence electrons. The Morgan fingerprint density at radius 1 is 1.04 bits per heavy atom. The Hall–Kier alpha value is -3.27. The fraction of sp³-hybridized carbons (Fsp3) is 0.136. The number of para-hydroxylation sites is 2. The summed E-state index contributed by atoms with van der Waals surface area (Å²) in [5.41, 5.74) is 4.15. The van der Waals surface area contributed by atoms with Gasteiger partial charge in [-0.3, -0.25) is 9.69 Å². The summed E-state index contributed by atoms with van der Waals surface area (Å²) in [6, 6.07) is 21.7. The molecule has 4 heteroatoms. The normalized spacial score (nSPS) is 11.0. The van der Waals surface area contributed by atoms with E-state index in [2.05, 4.69) is 22.8 Å². The third-order valence-corrected chi connectivity index (χ3v) is 4.75. The second-order valence-electron chi connectivity index (χ2n) is 6.41. The predicted molar refractivity (Wildman–Crippen MR) is 103 cm³/mol. The first-order chi connectivity index (χ1) is 12.6. The number of hydrogen-bond acceptors (Lipinski definition) is 2. The van der Waals surface area contributed by atoms with Crippen LogP contribution in [0.2, 0.25) is 0 Å². The number of aromatic nitrogens is 1. The third-order valence-electron chi connectivity index (χ3n) is 4.75. The van der Waals surface area contributed by atoms with Crippen LogP contribution in [0, 0.1) is 6.92 Å². The molecule has 0 fully saturated rings. The van der Waals surface area contributed by atoms with Crippen molar-refractivity contribution in [1.82, 2.24) is 4.57 Å². The molecule has 0 spiro atoms. The van der Waals surface area contributed by atoms with Gasteiger partial charge in [0.2, 0.25) is 0 Å². The topological polar surface area (TPSA) is 38.4 Å². The zero-order chi connectivity index (χ0) is 18.1. The van der Waals surface area contributed by atoms with E-state index in [1.807, 2.05) is 50.4 Å². The molecule has 0 bridgehead atoms. The van der Waals surface area contributed by atoms with Crippen molar-refractivity contribution in [3.05, 3.63) is 90.0 Å². The van der Waals surface area contributed by atoms with Crippen molar-refractivity contribution in [1.29, 1.82) is 0 Å². The fourth-order valence-electron chi connectivity index (χ4n) is 3.33. The van der Waals surface area contributed by atoms with Crippen LogP contribution in [-0.4, -0.2) is 10.5 Å². The van der Waals surface area contributed by atoms with Crippen LogP contribution in [-0.2, 0) is 13.6 Å². The van der Waals surface area contributed by atoms with Gasteiger partial charge in [0, 0.05) is 23.9 Å². The molecule has 2 aromatic carbocycles. The van der Waals surface area contributed by atoms with Gasteiger partial charge in [-0.15, -0.1) is 0 Å². The Balaban J connectivity index is 1.79. The summed E-state index contributed by atoms with van der Waals surface area (Å²) in [5, 5.41) is 1.17. The van der Waals surface area contributed by atoms with Crippen LogP contribution >= 0.6 is 0 Å². The number of aryl methyl sites for hydroxylation is 2. The van der Waals surface area contributed by atoms with Crippen LogP contribution in [0.15, 0.2) is 77.4 Å². The van der Waals surface area contributed by atoms with Crippen molar-refractivity contribution in [3.63, 3.8) is 0 Å². The lowest BCUT2D eigenvalue weighted by molar-refractivity contribution is 0.0958. The van der Waals surface area contributed by atoms with E-state index in [1.54, 1.807) is 17.0 Å². The van der Waals surface area contributed by atoms with Crippen LogP contribution in [0.1, 0.15) is 21.8 Å². The maximum atomic E-state index is 13.1. The molecule has 0 saturated heterocycles. The molecule has 0 atom stereocenters. The fourth-order valence-corrected chi connectivity index (χ4v) is 3.33. The summed E-state index contributed by atoms with van der Waals surface area (Å²) in [7, 11) is 2.03. The van der Waals surface area contributed by atoms with Crippen molar-refractivity contribution in [3.8, 4) is 0 Å². The third kappa shape index (κ3) is 2.80. The maximum Gasteiger partial charge on any atom is 0.294 e. The van der Waals surface area contributed by atoms with Gasteiger partial charge in [0.05, 0.1) is 12.8 Å². The van der Waals surface area contributed by atoms with Gasteiger partial charge in [-0.05, 0) is 48.2 Å². The summed E-state index contributed by atoms with van der Waals surface area (Å²) >= 11 is 0. The number of anilines is 1. The van der Waals surface area contributed by atoms with Gasteiger partial charge in [-0.25, -0.2) is 0 Å². The molecule has 0 aliphatic rings. The number of furan rings is 1. The number of amides is 1. The molecule has 4 aromatic rings. The zero-order valence-electron chi connectivity index (χ0n) is 14.8. The van der Waals surface area contributed by atoms with E-state index in [9.17, 15) is 4.79 Å². The second-order valence-corrected chi connectivity index (χ2v) is 6.41. The number of rotatable bonds is 4. The number of nitrogens with zero attached hydrogens (tertiary/aromatic N) is 2. The first kappa shape index (κ1) is 16.2. The van der Waals surface area contributed by atoms with Gasteiger partial charge in [-0.1, -0.05) is 36.4 Å². The van der Waals surface area contributed by atoms with E-state index in [0.29, 0.717) is 12.3 Å². The molecular weight excluding hydrogens is 324 g/mol. The van der Waals surface area contributed by atoms with E-state index in [-0.39, 0.29) is 5.91 Å². The summed E-state index contributed by atoms with van der Waals surface area (Å²) < 4.78 is 7.50. The molecule has 0 unspecified atom stereocenters. The Labute approximate surface area is 152 Å². The minimum atomic E-state index is -0.144. The van der Waals surface area contributed by atoms with Crippen molar-refractivity contribution in [2.75, 3.05) is 4.90 Å². The summed E-state index contributed by atoms with van der Waals surface area (Å²) in [6.07, 6.45) is 1.53. The highest BCUT2D eigenvalue weighted by molar-refractivity contribution is 6.04. The Bertz CT molecular complexity index is 1060. The van der Waals surface area contributed by atoms with Crippen molar-refractivity contribution >= 4 is 22.5 Å². The quantitative estimate of drug-likeness (QED) is 0.527. The Kier molecular flexibility index (Phi) is 4.09. The molecule has 4 rings (SSSR count). The van der Waals surface area contributed by atoms with E-state index in [0.717, 1.165) is 22.5 Å². The molecule has 26 heavy (non-hydrogen) atoms. The lowest BCUT2D eigenvalue weighted by Crippen LogP contribution is -2.31. The highest BCUT2D eigenvalue weighted by Crippen LogP contribution is 2.26. The Morgan fingerprint density at radius 2 is 1.81 bits per heavy atom. The summed E-state index contributed by atoms with van der Waals surface area (Å²) in [5.74, 6) is 0.196. The zero-order valence-corrected chi connectivity index (χ0v) is 14.8. The lowest BCUT2D eigenvalue weighted by atomic mass is 10.1. The molecule has 2 heterocycles. The second kappa shape index (κ2) is 6.56. The van der Waals surface area contributed by atoms with Gasteiger partial charge >= 0.3 is 0 Å². The van der Waals surface area contributed by atoms with Crippen LogP contribution < -0.4 is 4.90 Å². The summed E-state index contributed by atoms with van der Waals surface area (Å²) in [4.78, 5) is 14.9. The predicted octanol–water partition coefficient (Wildman–Crippen LogP) is 4.93. The summed E-state index contributed by atoms with van der Waals surface area (Å²) in [6.45, 7) is 2.48. The monoisotopic (exact) mass is 344 g/mol. The molecule has 0 aliphatic carbocycles. The number of hydrogen-bond donors (Lipinski definition) is 0. The smallest absolute Gasteiger partial charge is 0.294 e. The number of benzene rings is 2. The average molecular weight is 344 g/mol. The van der Waals surface area contributed by atoms with Crippen molar-refractivity contribution in [2.45, 2.75) is 13.5 Å². The molecule has 0 aliphatic heterocycles. The van der Waals surface area contributed by atoms with Gasteiger partial charge < -0.3 is 8.98 Å². The minimum absolute atomic E-state index is 0.144. The highest BCUT2D eigenvalue weighted by Gasteiger charge is 2.23. The molecule has 0 saturated carbocycles. The van der Waals surface area contributed by atoms with E-state index in [4.69, 9.17) is 4.42 Å². The molecule has 1 amide bonds. The van der Waals surface area contributed by atoms with Gasteiger partial charge in [0.1, 0.15) is 0 Å². The van der Waals surface area contributed by atoms with Gasteiger partial charge in [0.15, 0.2) is 5.76 Å². The lowest BCUT2D eigenvalue weighted by Gasteiger charge is -2.24. The molecule has 2 aromatic heterocycles. The molecule has 0 radical (unpaired) electrons.